The van der Waals surface area contributed by atoms with Gasteiger partial charge in [0.2, 0.25) is 0 Å². The van der Waals surface area contributed by atoms with Crippen molar-refractivity contribution in [2.45, 2.75) is 25.8 Å². The second-order valence-corrected chi connectivity index (χ2v) is 6.85. The number of rotatable bonds is 3. The maximum absolute atomic E-state index is 12.2. The van der Waals surface area contributed by atoms with Gasteiger partial charge in [0.25, 0.3) is 5.91 Å². The number of hydrogen-bond donors (Lipinski definition) is 1. The third-order valence-electron chi connectivity index (χ3n) is 4.11. The predicted molar refractivity (Wildman–Crippen MR) is 92.6 cm³/mol. The fraction of sp³-hybridized carbons (Fsp3) is 0.438. The molecule has 2 aromatic rings. The highest BCUT2D eigenvalue weighted by Crippen LogP contribution is 2.24. The number of halogens is 1. The van der Waals surface area contributed by atoms with E-state index in [9.17, 15) is 4.79 Å². The number of anilines is 1. The molecule has 6 nitrogen and oxygen atoms in total. The first-order valence-corrected chi connectivity index (χ1v) is 8.49. The quantitative estimate of drug-likeness (QED) is 0.890. The van der Waals surface area contributed by atoms with E-state index in [0.717, 1.165) is 41.8 Å². The van der Waals surface area contributed by atoms with Gasteiger partial charge in [0.1, 0.15) is 5.82 Å². The van der Waals surface area contributed by atoms with E-state index in [4.69, 9.17) is 0 Å². The van der Waals surface area contributed by atoms with Crippen LogP contribution in [0.1, 0.15) is 28.8 Å². The number of piperidine rings is 1. The fourth-order valence-corrected chi connectivity index (χ4v) is 3.35. The number of nitrogens with zero attached hydrogens (tertiary/aromatic N) is 4. The van der Waals surface area contributed by atoms with Crippen molar-refractivity contribution >= 4 is 27.7 Å². The summed E-state index contributed by atoms with van der Waals surface area (Å²) in [5.74, 6) is 0.986. The standard InChI is InChI=1S/C16H20BrN5O/c1-11-7-13(17)9-18-15(11)22-5-3-14(4-6-22)20-16(23)12-8-19-21(2)10-12/h7-10,14H,3-6H2,1-2H3,(H,20,23). The van der Waals surface area contributed by atoms with Crippen LogP contribution in [-0.2, 0) is 7.05 Å². The molecule has 1 saturated heterocycles. The summed E-state index contributed by atoms with van der Waals surface area (Å²) in [5, 5.41) is 7.13. The zero-order valence-corrected chi connectivity index (χ0v) is 14.9. The zero-order chi connectivity index (χ0) is 16.4. The van der Waals surface area contributed by atoms with E-state index >= 15 is 0 Å². The Kier molecular flexibility index (Phi) is 4.66. The number of aromatic nitrogens is 3. The van der Waals surface area contributed by atoms with E-state index in [1.807, 2.05) is 13.2 Å². The molecule has 1 amide bonds. The van der Waals surface area contributed by atoms with Gasteiger partial charge in [0, 0.05) is 43.0 Å². The molecule has 1 aliphatic rings. The lowest BCUT2D eigenvalue weighted by atomic mass is 10.0. The van der Waals surface area contributed by atoms with Crippen LogP contribution in [0.15, 0.2) is 29.1 Å². The van der Waals surface area contributed by atoms with Gasteiger partial charge in [-0.15, -0.1) is 0 Å². The van der Waals surface area contributed by atoms with E-state index in [0.29, 0.717) is 5.56 Å². The second-order valence-electron chi connectivity index (χ2n) is 5.93. The van der Waals surface area contributed by atoms with Gasteiger partial charge in [-0.05, 0) is 47.3 Å². The minimum absolute atomic E-state index is 0.0468. The summed E-state index contributed by atoms with van der Waals surface area (Å²) in [5.41, 5.74) is 1.78. The summed E-state index contributed by atoms with van der Waals surface area (Å²) in [6.45, 7) is 3.87. The van der Waals surface area contributed by atoms with Crippen molar-refractivity contribution in [1.82, 2.24) is 20.1 Å². The van der Waals surface area contributed by atoms with Crippen molar-refractivity contribution in [2.24, 2.45) is 7.05 Å². The van der Waals surface area contributed by atoms with Gasteiger partial charge < -0.3 is 10.2 Å². The Hall–Kier alpha value is -1.89. The Morgan fingerprint density at radius 2 is 2.09 bits per heavy atom. The van der Waals surface area contributed by atoms with Gasteiger partial charge in [-0.2, -0.15) is 5.10 Å². The molecule has 0 aliphatic carbocycles. The van der Waals surface area contributed by atoms with Crippen molar-refractivity contribution < 1.29 is 4.79 Å². The predicted octanol–water partition coefficient (Wildman–Crippen LogP) is 2.28. The van der Waals surface area contributed by atoms with E-state index in [1.165, 1.54) is 0 Å². The van der Waals surface area contributed by atoms with Crippen LogP contribution in [0.5, 0.6) is 0 Å². The third-order valence-corrected chi connectivity index (χ3v) is 4.55. The van der Waals surface area contributed by atoms with Crippen LogP contribution >= 0.6 is 15.9 Å². The van der Waals surface area contributed by atoms with Crippen LogP contribution in [0.25, 0.3) is 0 Å². The Labute approximate surface area is 144 Å². The van der Waals surface area contributed by atoms with Gasteiger partial charge in [-0.3, -0.25) is 9.48 Å². The topological polar surface area (TPSA) is 63.1 Å². The molecule has 122 valence electrons. The molecule has 7 heteroatoms. The molecule has 1 fully saturated rings. The molecule has 2 aromatic heterocycles. The zero-order valence-electron chi connectivity index (χ0n) is 13.3. The van der Waals surface area contributed by atoms with Crippen molar-refractivity contribution in [1.29, 1.82) is 0 Å². The fourth-order valence-electron chi connectivity index (χ4n) is 2.91. The van der Waals surface area contributed by atoms with Crippen LogP contribution < -0.4 is 10.2 Å². The molecule has 0 bridgehead atoms. The SMILES string of the molecule is Cc1cc(Br)cnc1N1CCC(NC(=O)c2cnn(C)c2)CC1. The third kappa shape index (κ3) is 3.72. The van der Waals surface area contributed by atoms with Gasteiger partial charge in [0.05, 0.1) is 11.8 Å². The molecule has 1 aliphatic heterocycles. The van der Waals surface area contributed by atoms with Crippen molar-refractivity contribution in [3.63, 3.8) is 0 Å². The molecule has 3 heterocycles. The first-order chi connectivity index (χ1) is 11.0. The monoisotopic (exact) mass is 377 g/mol. The Morgan fingerprint density at radius 3 is 2.70 bits per heavy atom. The molecule has 0 aromatic carbocycles. The molecule has 0 spiro atoms. The Bertz CT molecular complexity index is 706. The van der Waals surface area contributed by atoms with Crippen LogP contribution in [0.2, 0.25) is 0 Å². The number of carbonyl (C=O) groups is 1. The highest BCUT2D eigenvalue weighted by Gasteiger charge is 2.23. The molecular formula is C16H20BrN5O. The largest absolute Gasteiger partial charge is 0.356 e. The molecule has 0 saturated carbocycles. The summed E-state index contributed by atoms with van der Waals surface area (Å²) < 4.78 is 2.64. The molecule has 3 rings (SSSR count). The molecule has 0 atom stereocenters. The van der Waals surface area contributed by atoms with E-state index in [-0.39, 0.29) is 11.9 Å². The Balaban J connectivity index is 1.57. The number of aryl methyl sites for hydroxylation is 2. The van der Waals surface area contributed by atoms with Gasteiger partial charge >= 0.3 is 0 Å². The lowest BCUT2D eigenvalue weighted by Crippen LogP contribution is -2.45. The molecular weight excluding hydrogens is 358 g/mol. The minimum Gasteiger partial charge on any atom is -0.356 e. The maximum atomic E-state index is 12.2. The number of hydrogen-bond acceptors (Lipinski definition) is 4. The second kappa shape index (κ2) is 6.70. The van der Waals surface area contributed by atoms with Gasteiger partial charge in [-0.1, -0.05) is 0 Å². The lowest BCUT2D eigenvalue weighted by molar-refractivity contribution is 0.0931. The van der Waals surface area contributed by atoms with E-state index in [1.54, 1.807) is 17.1 Å². The van der Waals surface area contributed by atoms with Crippen LogP contribution in [0, 0.1) is 6.92 Å². The average molecular weight is 378 g/mol. The lowest BCUT2D eigenvalue weighted by Gasteiger charge is -2.33. The highest BCUT2D eigenvalue weighted by molar-refractivity contribution is 9.10. The summed E-state index contributed by atoms with van der Waals surface area (Å²) in [4.78, 5) is 19.0. The molecule has 1 N–H and O–H groups in total. The molecule has 23 heavy (non-hydrogen) atoms. The summed E-state index contributed by atoms with van der Waals surface area (Å²) in [6, 6.07) is 2.29. The molecule has 0 unspecified atom stereocenters. The van der Waals surface area contributed by atoms with Crippen molar-refractivity contribution in [3.05, 3.63) is 40.3 Å². The maximum Gasteiger partial charge on any atom is 0.254 e. The summed E-state index contributed by atoms with van der Waals surface area (Å²) in [6.07, 6.45) is 7.00. The summed E-state index contributed by atoms with van der Waals surface area (Å²) in [7, 11) is 1.81. The Morgan fingerprint density at radius 1 is 1.35 bits per heavy atom. The normalized spacial score (nSPS) is 15.7. The van der Waals surface area contributed by atoms with Crippen LogP contribution in [-0.4, -0.2) is 39.8 Å². The van der Waals surface area contributed by atoms with Gasteiger partial charge in [-0.25, -0.2) is 4.98 Å². The van der Waals surface area contributed by atoms with Crippen LogP contribution in [0.3, 0.4) is 0 Å². The number of nitrogens with one attached hydrogen (secondary N) is 1. The smallest absolute Gasteiger partial charge is 0.254 e. The van der Waals surface area contributed by atoms with E-state index in [2.05, 4.69) is 49.2 Å². The minimum atomic E-state index is -0.0468. The summed E-state index contributed by atoms with van der Waals surface area (Å²) >= 11 is 3.45. The van der Waals surface area contributed by atoms with Crippen molar-refractivity contribution in [2.75, 3.05) is 18.0 Å². The number of carbonyl (C=O) groups excluding carboxylic acids is 1. The average Bonchev–Trinajstić information content (AvgIpc) is 2.95. The first kappa shape index (κ1) is 16.0. The van der Waals surface area contributed by atoms with Gasteiger partial charge in [0.15, 0.2) is 0 Å². The van der Waals surface area contributed by atoms with Crippen LogP contribution in [0.4, 0.5) is 5.82 Å². The highest BCUT2D eigenvalue weighted by atomic mass is 79.9. The first-order valence-electron chi connectivity index (χ1n) is 7.69. The van der Waals surface area contributed by atoms with E-state index < -0.39 is 0 Å². The number of pyridine rings is 1. The number of amides is 1. The molecule has 0 radical (unpaired) electrons. The van der Waals surface area contributed by atoms with Crippen molar-refractivity contribution in [3.8, 4) is 0 Å².